The van der Waals surface area contributed by atoms with E-state index in [9.17, 15) is 16.8 Å². The van der Waals surface area contributed by atoms with Gasteiger partial charge in [0, 0.05) is 27.2 Å². The van der Waals surface area contributed by atoms with E-state index in [0.29, 0.717) is 5.69 Å². The quantitative estimate of drug-likeness (QED) is 0.721. The zero-order valence-electron chi connectivity index (χ0n) is 15.9. The lowest BCUT2D eigenvalue weighted by Crippen LogP contribution is -2.24. The molecule has 148 valence electrons. The predicted molar refractivity (Wildman–Crippen MR) is 108 cm³/mol. The van der Waals surface area contributed by atoms with Gasteiger partial charge < -0.3 is 4.90 Å². The van der Waals surface area contributed by atoms with Crippen LogP contribution in [0.1, 0.15) is 13.8 Å². The fourth-order valence-corrected chi connectivity index (χ4v) is 4.58. The van der Waals surface area contributed by atoms with E-state index in [1.54, 1.807) is 12.1 Å². The van der Waals surface area contributed by atoms with Gasteiger partial charge in [0.15, 0.2) is 0 Å². The summed E-state index contributed by atoms with van der Waals surface area (Å²) in [5.41, 5.74) is 1.27. The van der Waals surface area contributed by atoms with Gasteiger partial charge in [0.1, 0.15) is 0 Å². The SMILES string of the molecule is CCN(CC)c1ccccc1NS(=O)(=O)c1ccc(S(=O)(=O)N(C)C)cc1. The molecule has 0 aliphatic carbocycles. The molecule has 0 aromatic heterocycles. The van der Waals surface area contributed by atoms with Gasteiger partial charge in [-0.3, -0.25) is 4.72 Å². The van der Waals surface area contributed by atoms with E-state index in [1.807, 2.05) is 30.9 Å². The molecule has 0 saturated heterocycles. The van der Waals surface area contributed by atoms with Gasteiger partial charge in [0.05, 0.1) is 21.2 Å². The Balaban J connectivity index is 2.36. The van der Waals surface area contributed by atoms with Gasteiger partial charge in [-0.1, -0.05) is 12.1 Å². The third-order valence-corrected chi connectivity index (χ3v) is 7.38. The van der Waals surface area contributed by atoms with Crippen molar-refractivity contribution in [3.8, 4) is 0 Å². The van der Waals surface area contributed by atoms with Gasteiger partial charge in [0.2, 0.25) is 10.0 Å². The van der Waals surface area contributed by atoms with Crippen LogP contribution in [0.3, 0.4) is 0 Å². The normalized spacial score (nSPS) is 12.2. The molecule has 0 aliphatic rings. The van der Waals surface area contributed by atoms with Crippen LogP contribution in [0, 0.1) is 0 Å². The molecule has 2 aromatic rings. The molecule has 27 heavy (non-hydrogen) atoms. The average Bonchev–Trinajstić information content (AvgIpc) is 2.64. The molecular formula is C18H25N3O4S2. The highest BCUT2D eigenvalue weighted by molar-refractivity contribution is 7.92. The van der Waals surface area contributed by atoms with E-state index in [1.165, 1.54) is 38.4 Å². The van der Waals surface area contributed by atoms with Crippen LogP contribution in [-0.2, 0) is 20.0 Å². The lowest BCUT2D eigenvalue weighted by atomic mass is 10.2. The molecular weight excluding hydrogens is 386 g/mol. The first-order valence-corrected chi connectivity index (χ1v) is 11.4. The van der Waals surface area contributed by atoms with Crippen molar-refractivity contribution in [2.45, 2.75) is 23.6 Å². The minimum absolute atomic E-state index is 0.00504. The molecule has 1 N–H and O–H groups in total. The number of hydrogen-bond donors (Lipinski definition) is 1. The Morgan fingerprint density at radius 3 is 1.85 bits per heavy atom. The zero-order valence-corrected chi connectivity index (χ0v) is 17.5. The van der Waals surface area contributed by atoms with Gasteiger partial charge in [-0.15, -0.1) is 0 Å². The second-order valence-corrected chi connectivity index (χ2v) is 9.89. The van der Waals surface area contributed by atoms with Gasteiger partial charge in [-0.05, 0) is 50.2 Å². The molecule has 0 fully saturated rings. The number of nitrogens with one attached hydrogen (secondary N) is 1. The largest absolute Gasteiger partial charge is 0.370 e. The smallest absolute Gasteiger partial charge is 0.261 e. The van der Waals surface area contributed by atoms with E-state index in [2.05, 4.69) is 4.72 Å². The third-order valence-electron chi connectivity index (χ3n) is 4.17. The topological polar surface area (TPSA) is 86.8 Å². The van der Waals surface area contributed by atoms with Crippen molar-refractivity contribution >= 4 is 31.4 Å². The fourth-order valence-electron chi connectivity index (χ4n) is 2.61. The van der Waals surface area contributed by atoms with Crippen molar-refractivity contribution in [1.82, 2.24) is 4.31 Å². The highest BCUT2D eigenvalue weighted by atomic mass is 32.2. The monoisotopic (exact) mass is 411 g/mol. The average molecular weight is 412 g/mol. The molecule has 0 aliphatic heterocycles. The summed E-state index contributed by atoms with van der Waals surface area (Å²) < 4.78 is 53.4. The molecule has 7 nitrogen and oxygen atoms in total. The van der Waals surface area contributed by atoms with E-state index in [4.69, 9.17) is 0 Å². The molecule has 0 heterocycles. The minimum Gasteiger partial charge on any atom is -0.370 e. The standard InChI is InChI=1S/C18H25N3O4S2/c1-5-21(6-2)18-10-8-7-9-17(18)19-26(22,23)15-11-13-16(14-12-15)27(24,25)20(3)4/h7-14,19H,5-6H2,1-4H3. The number of nitrogens with zero attached hydrogens (tertiary/aromatic N) is 2. The molecule has 0 radical (unpaired) electrons. The van der Waals surface area contributed by atoms with Crippen molar-refractivity contribution in [2.24, 2.45) is 0 Å². The molecule has 0 spiro atoms. The number of rotatable bonds is 8. The summed E-state index contributed by atoms with van der Waals surface area (Å²) >= 11 is 0. The van der Waals surface area contributed by atoms with E-state index >= 15 is 0 Å². The summed E-state index contributed by atoms with van der Waals surface area (Å²) in [6.45, 7) is 5.48. The Kier molecular flexibility index (Phi) is 6.50. The Morgan fingerprint density at radius 1 is 0.815 bits per heavy atom. The van der Waals surface area contributed by atoms with E-state index in [0.717, 1.165) is 23.1 Å². The van der Waals surface area contributed by atoms with Crippen LogP contribution >= 0.6 is 0 Å². The van der Waals surface area contributed by atoms with Crippen LogP contribution in [0.25, 0.3) is 0 Å². The summed E-state index contributed by atoms with van der Waals surface area (Å²) in [5, 5.41) is 0. The second kappa shape index (κ2) is 8.28. The fraction of sp³-hybridized carbons (Fsp3) is 0.333. The summed E-state index contributed by atoms with van der Waals surface area (Å²) in [7, 11) is -4.62. The lowest BCUT2D eigenvalue weighted by molar-refractivity contribution is 0.520. The highest BCUT2D eigenvalue weighted by Gasteiger charge is 2.21. The number of anilines is 2. The van der Waals surface area contributed by atoms with Crippen molar-refractivity contribution in [2.75, 3.05) is 36.8 Å². The van der Waals surface area contributed by atoms with Crippen molar-refractivity contribution in [1.29, 1.82) is 0 Å². The summed E-state index contributed by atoms with van der Waals surface area (Å²) in [6, 6.07) is 12.3. The first kappa shape index (κ1) is 21.2. The first-order chi connectivity index (χ1) is 12.6. The van der Waals surface area contributed by atoms with Crippen LogP contribution in [0.2, 0.25) is 0 Å². The Hall–Kier alpha value is -2.10. The molecule has 0 unspecified atom stereocenters. The van der Waals surface area contributed by atoms with Gasteiger partial charge >= 0.3 is 0 Å². The van der Waals surface area contributed by atoms with Crippen molar-refractivity contribution < 1.29 is 16.8 Å². The molecule has 0 saturated carbocycles. The molecule has 9 heteroatoms. The van der Waals surface area contributed by atoms with Crippen LogP contribution in [0.5, 0.6) is 0 Å². The van der Waals surface area contributed by atoms with E-state index < -0.39 is 20.0 Å². The second-order valence-electron chi connectivity index (χ2n) is 6.05. The van der Waals surface area contributed by atoms with Crippen LogP contribution in [-0.4, -0.2) is 48.3 Å². The van der Waals surface area contributed by atoms with Crippen molar-refractivity contribution in [3.05, 3.63) is 48.5 Å². The maximum absolute atomic E-state index is 12.8. The number of sulfonamides is 2. The Bertz CT molecular complexity index is 982. The molecule has 0 bridgehead atoms. The maximum atomic E-state index is 12.8. The number of hydrogen-bond acceptors (Lipinski definition) is 5. The molecule has 2 rings (SSSR count). The molecule has 0 atom stereocenters. The van der Waals surface area contributed by atoms with Gasteiger partial charge in [-0.25, -0.2) is 21.1 Å². The predicted octanol–water partition coefficient (Wildman–Crippen LogP) is 2.58. The van der Waals surface area contributed by atoms with Crippen LogP contribution < -0.4 is 9.62 Å². The van der Waals surface area contributed by atoms with Gasteiger partial charge in [0.25, 0.3) is 10.0 Å². The summed E-state index contributed by atoms with van der Waals surface area (Å²) in [6.07, 6.45) is 0. The number of para-hydroxylation sites is 2. The Morgan fingerprint density at radius 2 is 1.33 bits per heavy atom. The Labute approximate surface area is 161 Å². The first-order valence-electron chi connectivity index (χ1n) is 8.53. The van der Waals surface area contributed by atoms with Crippen LogP contribution in [0.15, 0.2) is 58.3 Å². The minimum atomic E-state index is -3.85. The summed E-state index contributed by atoms with van der Waals surface area (Å²) in [4.78, 5) is 2.08. The molecule has 0 amide bonds. The highest BCUT2D eigenvalue weighted by Crippen LogP contribution is 2.28. The lowest BCUT2D eigenvalue weighted by Gasteiger charge is -2.24. The third kappa shape index (κ3) is 4.60. The van der Waals surface area contributed by atoms with E-state index in [-0.39, 0.29) is 9.79 Å². The maximum Gasteiger partial charge on any atom is 0.261 e. The van der Waals surface area contributed by atoms with Gasteiger partial charge in [-0.2, -0.15) is 0 Å². The molecule has 2 aromatic carbocycles. The van der Waals surface area contributed by atoms with Crippen LogP contribution in [0.4, 0.5) is 11.4 Å². The number of benzene rings is 2. The van der Waals surface area contributed by atoms with Crippen molar-refractivity contribution in [3.63, 3.8) is 0 Å². The zero-order chi connectivity index (χ0) is 20.2. The summed E-state index contributed by atoms with van der Waals surface area (Å²) in [5.74, 6) is 0.